The van der Waals surface area contributed by atoms with E-state index in [0.717, 1.165) is 22.5 Å². The summed E-state index contributed by atoms with van der Waals surface area (Å²) in [6.45, 7) is 16.2. The van der Waals surface area contributed by atoms with Gasteiger partial charge in [-0.1, -0.05) is 11.1 Å². The molecule has 0 aliphatic heterocycles. The Kier molecular flexibility index (Phi) is 8.01. The van der Waals surface area contributed by atoms with Crippen LogP contribution in [0.25, 0.3) is 0 Å². The van der Waals surface area contributed by atoms with Gasteiger partial charge in [0, 0.05) is 24.5 Å². The zero-order chi connectivity index (χ0) is 15.1. The minimum Gasteiger partial charge on any atom is -0.372 e. The summed E-state index contributed by atoms with van der Waals surface area (Å²) in [5.41, 5.74) is 10.0. The van der Waals surface area contributed by atoms with Crippen molar-refractivity contribution in [2.45, 2.75) is 55.0 Å². The molecule has 0 aromatic carbocycles. The van der Waals surface area contributed by atoms with Crippen LogP contribution in [0.1, 0.15) is 48.5 Å². The van der Waals surface area contributed by atoms with Gasteiger partial charge in [-0.25, -0.2) is 0 Å². The molecular formula is C13H28N2O3Si. The molecule has 0 aliphatic carbocycles. The predicted octanol–water partition coefficient (Wildman–Crippen LogP) is 3.26. The van der Waals surface area contributed by atoms with Crippen LogP contribution in [-0.2, 0) is 13.5 Å². The Hall–Kier alpha value is -0.823. The average Bonchev–Trinajstić information content (AvgIpc) is 2.33. The minimum atomic E-state index is -2.76. The highest BCUT2D eigenvalue weighted by molar-refractivity contribution is 6.58. The molecule has 0 rings (SSSR count). The molecule has 2 N–H and O–H groups in total. The third kappa shape index (κ3) is 7.37. The van der Waals surface area contributed by atoms with Gasteiger partial charge in [0.2, 0.25) is 0 Å². The summed E-state index contributed by atoms with van der Waals surface area (Å²) in [4.78, 5) is 0. The first kappa shape index (κ1) is 18.2. The Bertz CT molecular complexity index is 318. The monoisotopic (exact) mass is 288 g/mol. The molecular weight excluding hydrogens is 260 g/mol. The van der Waals surface area contributed by atoms with E-state index in [2.05, 4.69) is 11.0 Å². The SMILES string of the molecule is CCO[Si](C)(ONC(C)=C(C)C)ONC(C)=C(C)C. The van der Waals surface area contributed by atoms with Crippen LogP contribution in [-0.4, -0.2) is 15.4 Å². The molecule has 0 saturated carbocycles. The highest BCUT2D eigenvalue weighted by atomic mass is 28.4. The van der Waals surface area contributed by atoms with E-state index in [9.17, 15) is 0 Å². The number of hydrogen-bond donors (Lipinski definition) is 2. The van der Waals surface area contributed by atoms with Gasteiger partial charge in [-0.15, -0.1) is 0 Å². The summed E-state index contributed by atoms with van der Waals surface area (Å²) in [7, 11) is -2.76. The summed E-state index contributed by atoms with van der Waals surface area (Å²) in [6.07, 6.45) is 0. The summed E-state index contributed by atoms with van der Waals surface area (Å²) in [6, 6.07) is 0. The molecule has 5 nitrogen and oxygen atoms in total. The van der Waals surface area contributed by atoms with E-state index in [1.54, 1.807) is 0 Å². The third-order valence-electron chi connectivity index (χ3n) is 2.69. The molecule has 0 radical (unpaired) electrons. The molecule has 0 atom stereocenters. The Balaban J connectivity index is 4.59. The third-order valence-corrected chi connectivity index (χ3v) is 4.44. The first-order chi connectivity index (χ1) is 8.72. The maximum absolute atomic E-state index is 5.62. The molecule has 0 aromatic heterocycles. The number of nitrogens with one attached hydrogen (secondary N) is 2. The fraction of sp³-hybridized carbons (Fsp3) is 0.692. The van der Waals surface area contributed by atoms with Crippen LogP contribution >= 0.6 is 0 Å². The molecule has 0 fully saturated rings. The van der Waals surface area contributed by atoms with Crippen molar-refractivity contribution in [1.29, 1.82) is 0 Å². The number of hydrogen-bond acceptors (Lipinski definition) is 5. The highest BCUT2D eigenvalue weighted by Gasteiger charge is 2.37. The molecule has 6 heteroatoms. The van der Waals surface area contributed by atoms with Crippen LogP contribution in [0.5, 0.6) is 0 Å². The topological polar surface area (TPSA) is 51.8 Å². The second-order valence-corrected chi connectivity index (χ2v) is 7.38. The number of allylic oxidation sites excluding steroid dienone is 4. The van der Waals surface area contributed by atoms with Gasteiger partial charge in [-0.3, -0.25) is 20.0 Å². The van der Waals surface area contributed by atoms with Crippen LogP contribution in [0, 0.1) is 0 Å². The molecule has 0 bridgehead atoms. The standard InChI is InChI=1S/C13H28N2O3Si/c1-9-16-19(8,17-14-12(6)10(2)3)18-15-13(7)11(4)5/h14-15H,9H2,1-8H3. The van der Waals surface area contributed by atoms with E-state index in [4.69, 9.17) is 13.5 Å². The lowest BCUT2D eigenvalue weighted by atomic mass is 10.3. The van der Waals surface area contributed by atoms with Crippen molar-refractivity contribution in [1.82, 2.24) is 11.0 Å². The van der Waals surface area contributed by atoms with Crippen molar-refractivity contribution in [2.75, 3.05) is 6.61 Å². The van der Waals surface area contributed by atoms with E-state index in [-0.39, 0.29) is 0 Å². The van der Waals surface area contributed by atoms with E-state index >= 15 is 0 Å². The quantitative estimate of drug-likeness (QED) is 0.530. The summed E-state index contributed by atoms with van der Waals surface area (Å²) in [5, 5.41) is 0. The molecule has 0 heterocycles. The molecule has 0 unspecified atom stereocenters. The fourth-order valence-electron chi connectivity index (χ4n) is 0.885. The van der Waals surface area contributed by atoms with Gasteiger partial charge >= 0.3 is 8.80 Å². The molecule has 112 valence electrons. The second kappa shape index (κ2) is 8.37. The Morgan fingerprint density at radius 2 is 1.21 bits per heavy atom. The van der Waals surface area contributed by atoms with Crippen LogP contribution in [0.15, 0.2) is 22.5 Å². The van der Waals surface area contributed by atoms with Crippen LogP contribution in [0.3, 0.4) is 0 Å². The summed E-state index contributed by atoms with van der Waals surface area (Å²) >= 11 is 0. The van der Waals surface area contributed by atoms with E-state index < -0.39 is 8.80 Å². The number of hydroxylamine groups is 2. The lowest BCUT2D eigenvalue weighted by Crippen LogP contribution is -2.49. The Labute approximate surface area is 118 Å². The van der Waals surface area contributed by atoms with Crippen molar-refractivity contribution in [2.24, 2.45) is 0 Å². The number of rotatable bonds is 8. The van der Waals surface area contributed by atoms with Gasteiger partial charge in [0.1, 0.15) is 0 Å². The summed E-state index contributed by atoms with van der Waals surface area (Å²) < 4.78 is 16.9. The van der Waals surface area contributed by atoms with Crippen molar-refractivity contribution in [3.05, 3.63) is 22.5 Å². The molecule has 19 heavy (non-hydrogen) atoms. The average molecular weight is 288 g/mol. The van der Waals surface area contributed by atoms with Crippen molar-refractivity contribution < 1.29 is 13.5 Å². The van der Waals surface area contributed by atoms with Crippen LogP contribution in [0.4, 0.5) is 0 Å². The van der Waals surface area contributed by atoms with E-state index in [1.165, 1.54) is 0 Å². The van der Waals surface area contributed by atoms with Gasteiger partial charge in [0.15, 0.2) is 0 Å². The predicted molar refractivity (Wildman–Crippen MR) is 79.8 cm³/mol. The lowest BCUT2D eigenvalue weighted by Gasteiger charge is -2.26. The van der Waals surface area contributed by atoms with Gasteiger partial charge in [-0.2, -0.15) is 0 Å². The van der Waals surface area contributed by atoms with Crippen molar-refractivity contribution >= 4 is 8.80 Å². The van der Waals surface area contributed by atoms with Gasteiger partial charge in [-0.05, 0) is 48.5 Å². The second-order valence-electron chi connectivity index (χ2n) is 4.95. The molecule has 0 saturated heterocycles. The molecule has 0 amide bonds. The first-order valence-corrected chi connectivity index (χ1v) is 8.74. The Morgan fingerprint density at radius 1 is 0.842 bits per heavy atom. The van der Waals surface area contributed by atoms with Gasteiger partial charge in [0.05, 0.1) is 0 Å². The lowest BCUT2D eigenvalue weighted by molar-refractivity contribution is 0.0129. The zero-order valence-electron chi connectivity index (χ0n) is 13.4. The zero-order valence-corrected chi connectivity index (χ0v) is 14.4. The maximum Gasteiger partial charge on any atom is 0.541 e. The fourth-order valence-corrected chi connectivity index (χ4v) is 2.25. The summed E-state index contributed by atoms with van der Waals surface area (Å²) in [5.74, 6) is 0. The van der Waals surface area contributed by atoms with Gasteiger partial charge < -0.3 is 4.43 Å². The largest absolute Gasteiger partial charge is 0.541 e. The minimum absolute atomic E-state index is 0.536. The molecule has 0 aliphatic rings. The Morgan fingerprint density at radius 3 is 1.47 bits per heavy atom. The van der Waals surface area contributed by atoms with Crippen LogP contribution in [0.2, 0.25) is 6.55 Å². The molecule has 0 spiro atoms. The van der Waals surface area contributed by atoms with E-state index in [1.807, 2.05) is 55.0 Å². The maximum atomic E-state index is 5.62. The van der Waals surface area contributed by atoms with Crippen molar-refractivity contribution in [3.8, 4) is 0 Å². The van der Waals surface area contributed by atoms with Crippen LogP contribution < -0.4 is 11.0 Å². The van der Waals surface area contributed by atoms with Crippen molar-refractivity contribution in [3.63, 3.8) is 0 Å². The van der Waals surface area contributed by atoms with E-state index in [0.29, 0.717) is 6.61 Å². The normalized spacial score (nSPS) is 10.9. The van der Waals surface area contributed by atoms with Gasteiger partial charge in [0.25, 0.3) is 0 Å². The highest BCUT2D eigenvalue weighted by Crippen LogP contribution is 2.10. The first-order valence-electron chi connectivity index (χ1n) is 6.52. The smallest absolute Gasteiger partial charge is 0.372 e. The molecule has 0 aromatic rings.